The second-order valence-electron chi connectivity index (χ2n) is 4.28. The van der Waals surface area contributed by atoms with Gasteiger partial charge in [-0.25, -0.2) is 0 Å². The number of nitrogens with one attached hydrogen (secondary N) is 1. The summed E-state index contributed by atoms with van der Waals surface area (Å²) in [5, 5.41) is 3.12. The van der Waals surface area contributed by atoms with Crippen molar-refractivity contribution in [1.82, 2.24) is 10.2 Å². The minimum atomic E-state index is 0.765. The summed E-state index contributed by atoms with van der Waals surface area (Å²) in [5.74, 6) is 2.01. The van der Waals surface area contributed by atoms with Gasteiger partial charge in [0.2, 0.25) is 0 Å². The van der Waals surface area contributed by atoms with Crippen LogP contribution in [-0.2, 0) is 19.6 Å². The van der Waals surface area contributed by atoms with E-state index in [1.807, 2.05) is 25.2 Å². The molecule has 0 radical (unpaired) electrons. The summed E-state index contributed by atoms with van der Waals surface area (Å²) in [6.07, 6.45) is 3.47. The number of furan rings is 2. The Morgan fingerprint density at radius 3 is 2.72 bits per heavy atom. The lowest BCUT2D eigenvalue weighted by Crippen LogP contribution is -2.22. The molecule has 0 aromatic carbocycles. The van der Waals surface area contributed by atoms with Crippen molar-refractivity contribution < 1.29 is 8.83 Å². The first-order chi connectivity index (χ1) is 8.83. The predicted molar refractivity (Wildman–Crippen MR) is 70.0 cm³/mol. The monoisotopic (exact) mass is 248 g/mol. The van der Waals surface area contributed by atoms with Crippen LogP contribution in [0.1, 0.15) is 24.0 Å². The van der Waals surface area contributed by atoms with Crippen LogP contribution in [-0.4, -0.2) is 18.5 Å². The summed E-state index contributed by atoms with van der Waals surface area (Å²) < 4.78 is 10.9. The first-order valence-corrected chi connectivity index (χ1v) is 6.28. The van der Waals surface area contributed by atoms with Gasteiger partial charge in [-0.05, 0) is 31.8 Å². The van der Waals surface area contributed by atoms with Crippen LogP contribution in [0.3, 0.4) is 0 Å². The van der Waals surface area contributed by atoms with Gasteiger partial charge >= 0.3 is 0 Å². The van der Waals surface area contributed by atoms with Gasteiger partial charge in [0.25, 0.3) is 0 Å². The molecule has 0 bridgehead atoms. The fourth-order valence-corrected chi connectivity index (χ4v) is 1.97. The first-order valence-electron chi connectivity index (χ1n) is 6.28. The fourth-order valence-electron chi connectivity index (χ4n) is 1.97. The molecule has 0 spiro atoms. The van der Waals surface area contributed by atoms with E-state index in [0.29, 0.717) is 0 Å². The molecule has 98 valence electrons. The Hall–Kier alpha value is -1.52. The maximum atomic E-state index is 5.47. The highest BCUT2D eigenvalue weighted by Gasteiger charge is 2.11. The van der Waals surface area contributed by atoms with Crippen molar-refractivity contribution in [2.75, 3.05) is 13.6 Å². The molecule has 0 atom stereocenters. The molecule has 0 saturated carbocycles. The van der Waals surface area contributed by atoms with E-state index in [9.17, 15) is 0 Å². The van der Waals surface area contributed by atoms with Gasteiger partial charge in [0.1, 0.15) is 11.5 Å². The predicted octanol–water partition coefficient (Wildman–Crippen LogP) is 2.61. The number of rotatable bonds is 7. The van der Waals surface area contributed by atoms with Crippen LogP contribution >= 0.6 is 0 Å². The lowest BCUT2D eigenvalue weighted by molar-refractivity contribution is 0.245. The minimum absolute atomic E-state index is 0.765. The third kappa shape index (κ3) is 3.24. The Morgan fingerprint density at radius 1 is 1.17 bits per heavy atom. The van der Waals surface area contributed by atoms with Crippen molar-refractivity contribution in [1.29, 1.82) is 0 Å². The molecule has 0 aliphatic rings. The molecule has 2 aromatic rings. The van der Waals surface area contributed by atoms with Gasteiger partial charge in [-0.3, -0.25) is 4.90 Å². The van der Waals surface area contributed by atoms with Gasteiger partial charge in [-0.15, -0.1) is 0 Å². The van der Waals surface area contributed by atoms with Crippen LogP contribution in [0.4, 0.5) is 0 Å². The Morgan fingerprint density at radius 2 is 2.06 bits per heavy atom. The quantitative estimate of drug-likeness (QED) is 0.817. The van der Waals surface area contributed by atoms with Crippen molar-refractivity contribution >= 4 is 0 Å². The number of hydrogen-bond acceptors (Lipinski definition) is 4. The largest absolute Gasteiger partial charge is 0.468 e. The Labute approximate surface area is 108 Å². The summed E-state index contributed by atoms with van der Waals surface area (Å²) in [7, 11) is 1.92. The minimum Gasteiger partial charge on any atom is -0.468 e. The molecule has 1 N–H and O–H groups in total. The van der Waals surface area contributed by atoms with Crippen molar-refractivity contribution in [2.24, 2.45) is 0 Å². The Bertz CT molecular complexity index is 448. The van der Waals surface area contributed by atoms with Gasteiger partial charge in [-0.1, -0.05) is 6.92 Å². The third-order valence-corrected chi connectivity index (χ3v) is 2.98. The van der Waals surface area contributed by atoms with Gasteiger partial charge in [0.05, 0.1) is 25.6 Å². The lowest BCUT2D eigenvalue weighted by Gasteiger charge is -2.18. The van der Waals surface area contributed by atoms with Crippen molar-refractivity contribution in [3.05, 3.63) is 47.8 Å². The van der Waals surface area contributed by atoms with E-state index in [2.05, 4.69) is 17.1 Å². The molecule has 0 aliphatic carbocycles. The zero-order valence-electron chi connectivity index (χ0n) is 11.0. The smallest absolute Gasteiger partial charge is 0.122 e. The standard InChI is InChI=1S/C14H20N2O2/c1-3-16(11-13-5-4-7-17-13)10-12-6-8-18-14(12)9-15-2/h4-8,15H,3,9-11H2,1-2H3. The van der Waals surface area contributed by atoms with Gasteiger partial charge in [-0.2, -0.15) is 0 Å². The molecular formula is C14H20N2O2. The highest BCUT2D eigenvalue weighted by molar-refractivity contribution is 5.17. The fraction of sp³-hybridized carbons (Fsp3) is 0.429. The summed E-state index contributed by atoms with van der Waals surface area (Å²) in [6.45, 7) is 5.60. The molecule has 2 rings (SSSR count). The Balaban J connectivity index is 1.99. The van der Waals surface area contributed by atoms with E-state index in [1.54, 1.807) is 12.5 Å². The molecule has 2 heterocycles. The molecule has 18 heavy (non-hydrogen) atoms. The van der Waals surface area contributed by atoms with Crippen LogP contribution in [0.2, 0.25) is 0 Å². The zero-order valence-corrected chi connectivity index (χ0v) is 11.0. The summed E-state index contributed by atoms with van der Waals surface area (Å²) in [4.78, 5) is 2.32. The molecule has 2 aromatic heterocycles. The van der Waals surface area contributed by atoms with E-state index < -0.39 is 0 Å². The second kappa shape index (κ2) is 6.42. The molecule has 0 aliphatic heterocycles. The van der Waals surface area contributed by atoms with Crippen LogP contribution in [0, 0.1) is 0 Å². The molecule has 4 nitrogen and oxygen atoms in total. The van der Waals surface area contributed by atoms with Gasteiger partial charge < -0.3 is 14.2 Å². The maximum Gasteiger partial charge on any atom is 0.122 e. The van der Waals surface area contributed by atoms with E-state index >= 15 is 0 Å². The molecular weight excluding hydrogens is 228 g/mol. The SMILES string of the molecule is CCN(Cc1ccco1)Cc1ccoc1CNC. The molecule has 0 fully saturated rings. The topological polar surface area (TPSA) is 41.6 Å². The van der Waals surface area contributed by atoms with Crippen molar-refractivity contribution in [3.8, 4) is 0 Å². The maximum absolute atomic E-state index is 5.47. The van der Waals surface area contributed by atoms with Crippen LogP contribution in [0.15, 0.2) is 39.6 Å². The van der Waals surface area contributed by atoms with Crippen LogP contribution < -0.4 is 5.32 Å². The van der Waals surface area contributed by atoms with E-state index in [4.69, 9.17) is 8.83 Å². The molecule has 0 saturated heterocycles. The van der Waals surface area contributed by atoms with Crippen molar-refractivity contribution in [2.45, 2.75) is 26.6 Å². The van der Waals surface area contributed by atoms with Crippen LogP contribution in [0.5, 0.6) is 0 Å². The zero-order chi connectivity index (χ0) is 12.8. The highest BCUT2D eigenvalue weighted by Crippen LogP contribution is 2.15. The summed E-state index contributed by atoms with van der Waals surface area (Å²) >= 11 is 0. The second-order valence-corrected chi connectivity index (χ2v) is 4.28. The molecule has 4 heteroatoms. The van der Waals surface area contributed by atoms with Crippen molar-refractivity contribution in [3.63, 3.8) is 0 Å². The lowest BCUT2D eigenvalue weighted by atomic mass is 10.2. The highest BCUT2D eigenvalue weighted by atomic mass is 16.3. The van der Waals surface area contributed by atoms with Gasteiger partial charge in [0.15, 0.2) is 0 Å². The average molecular weight is 248 g/mol. The Kier molecular flexibility index (Phi) is 4.61. The normalized spacial score (nSPS) is 11.3. The molecule has 0 amide bonds. The first kappa shape index (κ1) is 12.9. The van der Waals surface area contributed by atoms with E-state index in [-0.39, 0.29) is 0 Å². The van der Waals surface area contributed by atoms with E-state index in [1.165, 1.54) is 5.56 Å². The summed E-state index contributed by atoms with van der Waals surface area (Å²) in [6, 6.07) is 5.97. The summed E-state index contributed by atoms with van der Waals surface area (Å²) in [5.41, 5.74) is 1.23. The van der Waals surface area contributed by atoms with E-state index in [0.717, 1.165) is 37.7 Å². The number of nitrogens with zero attached hydrogens (tertiary/aromatic N) is 1. The average Bonchev–Trinajstić information content (AvgIpc) is 3.01. The van der Waals surface area contributed by atoms with Crippen LogP contribution in [0.25, 0.3) is 0 Å². The third-order valence-electron chi connectivity index (χ3n) is 2.98. The van der Waals surface area contributed by atoms with Gasteiger partial charge in [0, 0.05) is 12.1 Å². The molecule has 0 unspecified atom stereocenters. The number of hydrogen-bond donors (Lipinski definition) is 1.